The molecular formula is C12H23N3O3. The van der Waals surface area contributed by atoms with E-state index in [0.717, 1.165) is 12.8 Å². The number of imide groups is 1. The Balaban J connectivity index is 2.45. The zero-order chi connectivity index (χ0) is 13.4. The second-order valence-electron chi connectivity index (χ2n) is 4.61. The number of nitrogens with one attached hydrogen (secondary N) is 2. The second-order valence-corrected chi connectivity index (χ2v) is 4.61. The molecule has 0 spiro atoms. The summed E-state index contributed by atoms with van der Waals surface area (Å²) in [6.07, 6.45) is 5.71. The van der Waals surface area contributed by atoms with Gasteiger partial charge in [0.05, 0.1) is 13.2 Å². The van der Waals surface area contributed by atoms with Crippen LogP contribution in [0, 0.1) is 0 Å². The van der Waals surface area contributed by atoms with Crippen molar-refractivity contribution in [3.05, 3.63) is 0 Å². The van der Waals surface area contributed by atoms with E-state index in [1.165, 1.54) is 26.3 Å². The number of rotatable bonds is 5. The number of carbonyl (C=O) groups is 2. The highest BCUT2D eigenvalue weighted by molar-refractivity contribution is 5.95. The van der Waals surface area contributed by atoms with Crippen LogP contribution in [0.4, 0.5) is 4.79 Å². The van der Waals surface area contributed by atoms with Crippen LogP contribution in [0.5, 0.6) is 0 Å². The van der Waals surface area contributed by atoms with Crippen molar-refractivity contribution in [3.63, 3.8) is 0 Å². The van der Waals surface area contributed by atoms with Crippen molar-refractivity contribution in [1.82, 2.24) is 15.5 Å². The van der Waals surface area contributed by atoms with E-state index >= 15 is 0 Å². The standard InChI is InChI=1S/C12H23N3O3/c1-13-12(18)14-11(17)9-15(7-8-16)10-5-3-2-4-6-10/h10,16H,2-9H2,1H3,(H2,13,14,17,18). The SMILES string of the molecule is CNC(=O)NC(=O)CN(CCO)C1CCCCC1. The van der Waals surface area contributed by atoms with Crippen LogP contribution >= 0.6 is 0 Å². The minimum absolute atomic E-state index is 0.0315. The van der Waals surface area contributed by atoms with Gasteiger partial charge >= 0.3 is 6.03 Å². The summed E-state index contributed by atoms with van der Waals surface area (Å²) < 4.78 is 0. The molecule has 0 aromatic rings. The van der Waals surface area contributed by atoms with Crippen LogP contribution in [0.15, 0.2) is 0 Å². The number of urea groups is 1. The van der Waals surface area contributed by atoms with Gasteiger partial charge < -0.3 is 10.4 Å². The van der Waals surface area contributed by atoms with Gasteiger partial charge in [-0.3, -0.25) is 15.0 Å². The molecule has 1 aliphatic rings. The molecule has 0 heterocycles. The van der Waals surface area contributed by atoms with E-state index in [1.807, 2.05) is 4.90 Å². The fourth-order valence-corrected chi connectivity index (χ4v) is 2.38. The second kappa shape index (κ2) is 8.05. The summed E-state index contributed by atoms with van der Waals surface area (Å²) in [7, 11) is 1.47. The lowest BCUT2D eigenvalue weighted by Gasteiger charge is -2.33. The van der Waals surface area contributed by atoms with Crippen molar-refractivity contribution in [2.45, 2.75) is 38.1 Å². The van der Waals surface area contributed by atoms with Gasteiger partial charge in [0.2, 0.25) is 5.91 Å². The normalized spacial score (nSPS) is 16.6. The zero-order valence-corrected chi connectivity index (χ0v) is 10.9. The number of hydrogen-bond donors (Lipinski definition) is 3. The van der Waals surface area contributed by atoms with Gasteiger partial charge in [0.15, 0.2) is 0 Å². The van der Waals surface area contributed by atoms with Crippen molar-refractivity contribution < 1.29 is 14.7 Å². The van der Waals surface area contributed by atoms with Crippen LogP contribution in [-0.2, 0) is 4.79 Å². The third kappa shape index (κ3) is 5.01. The number of aliphatic hydroxyl groups is 1. The summed E-state index contributed by atoms with van der Waals surface area (Å²) in [5.74, 6) is -0.326. The van der Waals surface area contributed by atoms with E-state index in [-0.39, 0.29) is 19.1 Å². The molecule has 3 amide bonds. The Kier molecular flexibility index (Phi) is 6.67. The molecule has 0 unspecified atom stereocenters. The Bertz CT molecular complexity index is 278. The molecule has 0 aromatic carbocycles. The van der Waals surface area contributed by atoms with E-state index in [0.29, 0.717) is 12.6 Å². The molecule has 18 heavy (non-hydrogen) atoms. The quantitative estimate of drug-likeness (QED) is 0.651. The predicted molar refractivity (Wildman–Crippen MR) is 68.1 cm³/mol. The first-order chi connectivity index (χ1) is 8.67. The van der Waals surface area contributed by atoms with Crippen LogP contribution < -0.4 is 10.6 Å². The van der Waals surface area contributed by atoms with E-state index in [1.54, 1.807) is 0 Å². The molecule has 6 heteroatoms. The molecule has 1 saturated carbocycles. The first-order valence-electron chi connectivity index (χ1n) is 6.54. The van der Waals surface area contributed by atoms with Gasteiger partial charge in [-0.15, -0.1) is 0 Å². The maximum Gasteiger partial charge on any atom is 0.321 e. The van der Waals surface area contributed by atoms with Crippen LogP contribution in [0.2, 0.25) is 0 Å². The van der Waals surface area contributed by atoms with Gasteiger partial charge in [-0.05, 0) is 12.8 Å². The van der Waals surface area contributed by atoms with Gasteiger partial charge in [0.1, 0.15) is 0 Å². The molecule has 0 bridgehead atoms. The summed E-state index contributed by atoms with van der Waals surface area (Å²) in [6, 6.07) is -0.145. The summed E-state index contributed by atoms with van der Waals surface area (Å²) in [5.41, 5.74) is 0. The van der Waals surface area contributed by atoms with E-state index in [4.69, 9.17) is 5.11 Å². The molecule has 0 atom stereocenters. The van der Waals surface area contributed by atoms with E-state index < -0.39 is 6.03 Å². The third-order valence-corrected chi connectivity index (χ3v) is 3.31. The molecule has 0 saturated heterocycles. The van der Waals surface area contributed by atoms with Gasteiger partial charge in [0.25, 0.3) is 0 Å². The number of nitrogens with zero attached hydrogens (tertiary/aromatic N) is 1. The molecule has 0 aliphatic heterocycles. The van der Waals surface area contributed by atoms with E-state index in [2.05, 4.69) is 10.6 Å². The third-order valence-electron chi connectivity index (χ3n) is 3.31. The first-order valence-corrected chi connectivity index (χ1v) is 6.54. The smallest absolute Gasteiger partial charge is 0.321 e. The minimum Gasteiger partial charge on any atom is -0.395 e. The van der Waals surface area contributed by atoms with Crippen LogP contribution in [0.25, 0.3) is 0 Å². The Morgan fingerprint density at radius 2 is 1.94 bits per heavy atom. The fourth-order valence-electron chi connectivity index (χ4n) is 2.38. The van der Waals surface area contributed by atoms with E-state index in [9.17, 15) is 9.59 Å². The van der Waals surface area contributed by atoms with Crippen molar-refractivity contribution in [1.29, 1.82) is 0 Å². The molecule has 1 rings (SSSR count). The lowest BCUT2D eigenvalue weighted by Crippen LogP contribution is -2.47. The molecular weight excluding hydrogens is 234 g/mol. The lowest BCUT2D eigenvalue weighted by atomic mass is 9.94. The molecule has 6 nitrogen and oxygen atoms in total. The average molecular weight is 257 g/mol. The fraction of sp³-hybridized carbons (Fsp3) is 0.833. The monoisotopic (exact) mass is 257 g/mol. The van der Waals surface area contributed by atoms with Crippen molar-refractivity contribution in [3.8, 4) is 0 Å². The molecule has 1 fully saturated rings. The van der Waals surface area contributed by atoms with Crippen molar-refractivity contribution in [2.75, 3.05) is 26.7 Å². The predicted octanol–water partition coefficient (Wildman–Crippen LogP) is 0.0690. The minimum atomic E-state index is -0.493. The highest BCUT2D eigenvalue weighted by Gasteiger charge is 2.23. The summed E-state index contributed by atoms with van der Waals surface area (Å²) in [5, 5.41) is 13.6. The number of aliphatic hydroxyl groups excluding tert-OH is 1. The van der Waals surface area contributed by atoms with Crippen LogP contribution in [0.1, 0.15) is 32.1 Å². The lowest BCUT2D eigenvalue weighted by molar-refractivity contribution is -0.122. The Morgan fingerprint density at radius 3 is 2.50 bits per heavy atom. The summed E-state index contributed by atoms with van der Waals surface area (Å²) in [4.78, 5) is 24.6. The maximum atomic E-state index is 11.6. The van der Waals surface area contributed by atoms with Crippen molar-refractivity contribution >= 4 is 11.9 Å². The molecule has 0 radical (unpaired) electrons. The van der Waals surface area contributed by atoms with Crippen LogP contribution in [-0.4, -0.2) is 54.7 Å². The topological polar surface area (TPSA) is 81.7 Å². The number of carbonyl (C=O) groups excluding carboxylic acids is 2. The number of amides is 3. The highest BCUT2D eigenvalue weighted by Crippen LogP contribution is 2.22. The summed E-state index contributed by atoms with van der Waals surface area (Å²) >= 11 is 0. The molecule has 104 valence electrons. The average Bonchev–Trinajstić information content (AvgIpc) is 2.39. The van der Waals surface area contributed by atoms with Crippen LogP contribution in [0.3, 0.4) is 0 Å². The number of hydrogen-bond acceptors (Lipinski definition) is 4. The Hall–Kier alpha value is -1.14. The molecule has 1 aliphatic carbocycles. The Labute approximate surface area is 108 Å². The zero-order valence-electron chi connectivity index (χ0n) is 10.9. The first kappa shape index (κ1) is 14.9. The molecule has 0 aromatic heterocycles. The van der Waals surface area contributed by atoms with Gasteiger partial charge in [-0.2, -0.15) is 0 Å². The van der Waals surface area contributed by atoms with Gasteiger partial charge in [0, 0.05) is 19.6 Å². The maximum absolute atomic E-state index is 11.6. The highest BCUT2D eigenvalue weighted by atomic mass is 16.3. The Morgan fingerprint density at radius 1 is 1.28 bits per heavy atom. The van der Waals surface area contributed by atoms with Gasteiger partial charge in [-0.1, -0.05) is 19.3 Å². The van der Waals surface area contributed by atoms with Crippen molar-refractivity contribution in [2.24, 2.45) is 0 Å². The summed E-state index contributed by atoms with van der Waals surface area (Å²) in [6.45, 7) is 0.675. The molecule has 3 N–H and O–H groups in total. The largest absolute Gasteiger partial charge is 0.395 e. The van der Waals surface area contributed by atoms with Gasteiger partial charge in [-0.25, -0.2) is 4.79 Å².